The minimum Gasteiger partial charge on any atom is -0.461 e. The van der Waals surface area contributed by atoms with Gasteiger partial charge in [-0.2, -0.15) is 0 Å². The van der Waals surface area contributed by atoms with Gasteiger partial charge in [0.25, 0.3) is 0 Å². The van der Waals surface area contributed by atoms with Gasteiger partial charge >= 0.3 is 0 Å². The molecule has 0 saturated carbocycles. The summed E-state index contributed by atoms with van der Waals surface area (Å²) in [5.74, 6) is 1.66. The summed E-state index contributed by atoms with van der Waals surface area (Å²) in [5, 5.41) is 11.3. The molecule has 0 amide bonds. The predicted octanol–water partition coefficient (Wildman–Crippen LogP) is 5.42. The lowest BCUT2D eigenvalue weighted by atomic mass is 10.2. The van der Waals surface area contributed by atoms with E-state index in [-0.39, 0.29) is 5.78 Å². The fraction of sp³-hybridized carbons (Fsp3) is 0.261. The maximum Gasteiger partial charge on any atom is 0.200 e. The van der Waals surface area contributed by atoms with Gasteiger partial charge in [-0.15, -0.1) is 28.1 Å². The molecule has 4 heterocycles. The van der Waals surface area contributed by atoms with Crippen molar-refractivity contribution < 1.29 is 9.21 Å². The molecule has 0 bridgehead atoms. The van der Waals surface area contributed by atoms with E-state index < -0.39 is 0 Å². The van der Waals surface area contributed by atoms with Crippen LogP contribution in [0.5, 0.6) is 0 Å². The number of Topliss-reactive ketones (excluding diaryl/α,β-unsaturated/α-hetero) is 1. The number of furan rings is 1. The number of hydrogen-bond acceptors (Lipinski definition) is 6. The molecule has 0 fully saturated rings. The molecule has 4 aromatic heterocycles. The van der Waals surface area contributed by atoms with Crippen molar-refractivity contribution in [2.45, 2.75) is 38.5 Å². The molecule has 0 radical (unpaired) electrons. The number of thioether (sulfide) groups is 1. The van der Waals surface area contributed by atoms with Gasteiger partial charge in [0.15, 0.2) is 16.7 Å². The van der Waals surface area contributed by atoms with E-state index in [9.17, 15) is 4.79 Å². The lowest BCUT2D eigenvalue weighted by Crippen LogP contribution is -2.09. The third-order valence-corrected chi connectivity index (χ3v) is 7.04. The SMILES string of the molecule is C=CCn1c(SCC(=O)c2cc(C)n(CCc3cccs3)c2C)nnc1-c1ccco1. The van der Waals surface area contributed by atoms with Crippen molar-refractivity contribution in [1.29, 1.82) is 0 Å². The van der Waals surface area contributed by atoms with Crippen LogP contribution in [0.1, 0.15) is 26.6 Å². The van der Waals surface area contributed by atoms with Crippen LogP contribution in [0.3, 0.4) is 0 Å². The third kappa shape index (κ3) is 4.60. The van der Waals surface area contributed by atoms with Crippen LogP contribution in [-0.2, 0) is 19.5 Å². The molecular formula is C23H24N4O2S2. The standard InChI is InChI=1S/C23H24N4O2S2/c1-4-10-27-22(21-8-5-12-29-21)24-25-23(27)31-15-20(28)19-14-16(2)26(17(19)3)11-9-18-7-6-13-30-18/h4-8,12-14H,1,9-11,15H2,2-3H3. The Bertz CT molecular complexity index is 1170. The Balaban J connectivity index is 1.47. The Hall–Kier alpha value is -2.84. The smallest absolute Gasteiger partial charge is 0.200 e. The first kappa shape index (κ1) is 21.4. The monoisotopic (exact) mass is 452 g/mol. The largest absolute Gasteiger partial charge is 0.461 e. The van der Waals surface area contributed by atoms with Gasteiger partial charge in [-0.1, -0.05) is 23.9 Å². The van der Waals surface area contributed by atoms with Crippen LogP contribution in [0.25, 0.3) is 11.6 Å². The molecule has 6 nitrogen and oxygen atoms in total. The van der Waals surface area contributed by atoms with Crippen LogP contribution in [0.2, 0.25) is 0 Å². The fourth-order valence-electron chi connectivity index (χ4n) is 3.59. The van der Waals surface area contributed by atoms with Crippen LogP contribution < -0.4 is 0 Å². The highest BCUT2D eigenvalue weighted by molar-refractivity contribution is 7.99. The summed E-state index contributed by atoms with van der Waals surface area (Å²) in [6.07, 6.45) is 4.35. The second kappa shape index (κ2) is 9.53. The van der Waals surface area contributed by atoms with E-state index in [0.29, 0.717) is 29.0 Å². The first-order valence-electron chi connectivity index (χ1n) is 10.0. The topological polar surface area (TPSA) is 65.8 Å². The number of aromatic nitrogens is 4. The van der Waals surface area contributed by atoms with Gasteiger partial charge in [0.1, 0.15) is 0 Å². The zero-order valence-electron chi connectivity index (χ0n) is 17.6. The maximum absolute atomic E-state index is 13.0. The van der Waals surface area contributed by atoms with Crippen molar-refractivity contribution in [1.82, 2.24) is 19.3 Å². The zero-order chi connectivity index (χ0) is 21.8. The molecule has 4 aromatic rings. The van der Waals surface area contributed by atoms with E-state index in [4.69, 9.17) is 4.42 Å². The predicted molar refractivity (Wildman–Crippen MR) is 125 cm³/mol. The highest BCUT2D eigenvalue weighted by atomic mass is 32.2. The highest BCUT2D eigenvalue weighted by Gasteiger charge is 2.19. The summed E-state index contributed by atoms with van der Waals surface area (Å²) < 4.78 is 9.60. The summed E-state index contributed by atoms with van der Waals surface area (Å²) in [6.45, 7) is 9.31. The van der Waals surface area contributed by atoms with Crippen molar-refractivity contribution in [2.75, 3.05) is 5.75 Å². The first-order valence-corrected chi connectivity index (χ1v) is 11.9. The van der Waals surface area contributed by atoms with Crippen molar-refractivity contribution in [3.63, 3.8) is 0 Å². The lowest BCUT2D eigenvalue weighted by molar-refractivity contribution is 0.102. The van der Waals surface area contributed by atoms with E-state index in [1.165, 1.54) is 16.6 Å². The number of hydrogen-bond donors (Lipinski definition) is 0. The molecule has 0 aromatic carbocycles. The van der Waals surface area contributed by atoms with Gasteiger partial charge in [-0.05, 0) is 49.9 Å². The number of rotatable bonds is 10. The van der Waals surface area contributed by atoms with Crippen molar-refractivity contribution in [2.24, 2.45) is 0 Å². The number of carbonyl (C=O) groups is 1. The van der Waals surface area contributed by atoms with Crippen LogP contribution in [-0.4, -0.2) is 30.9 Å². The number of allylic oxidation sites excluding steroid dienone is 1. The number of ketones is 1. The Labute approximate surface area is 189 Å². The number of aryl methyl sites for hydroxylation is 2. The quantitative estimate of drug-likeness (QED) is 0.183. The fourth-order valence-corrected chi connectivity index (χ4v) is 5.12. The zero-order valence-corrected chi connectivity index (χ0v) is 19.2. The summed E-state index contributed by atoms with van der Waals surface area (Å²) in [4.78, 5) is 14.4. The molecule has 0 saturated heterocycles. The van der Waals surface area contributed by atoms with Gasteiger partial charge in [0, 0.05) is 34.9 Å². The molecule has 0 unspecified atom stereocenters. The average Bonchev–Trinajstić information content (AvgIpc) is 3.54. The minimum absolute atomic E-state index is 0.0909. The summed E-state index contributed by atoms with van der Waals surface area (Å²) >= 11 is 3.15. The molecule has 4 rings (SSSR count). The lowest BCUT2D eigenvalue weighted by Gasteiger charge is -2.09. The normalized spacial score (nSPS) is 11.2. The summed E-state index contributed by atoms with van der Waals surface area (Å²) in [5.41, 5.74) is 2.90. The second-order valence-electron chi connectivity index (χ2n) is 7.16. The van der Waals surface area contributed by atoms with Gasteiger partial charge in [0.2, 0.25) is 5.82 Å². The van der Waals surface area contributed by atoms with Gasteiger partial charge in [-0.3, -0.25) is 9.36 Å². The Morgan fingerprint density at radius 3 is 2.84 bits per heavy atom. The second-order valence-corrected chi connectivity index (χ2v) is 9.14. The maximum atomic E-state index is 13.0. The minimum atomic E-state index is 0.0909. The van der Waals surface area contributed by atoms with E-state index in [1.54, 1.807) is 23.7 Å². The Kier molecular flexibility index (Phi) is 6.58. The number of nitrogens with zero attached hydrogens (tertiary/aromatic N) is 4. The molecule has 0 aliphatic rings. The van der Waals surface area contributed by atoms with Crippen molar-refractivity contribution in [3.05, 3.63) is 76.5 Å². The van der Waals surface area contributed by atoms with Crippen LogP contribution in [0.4, 0.5) is 0 Å². The molecule has 8 heteroatoms. The van der Waals surface area contributed by atoms with Crippen LogP contribution in [0, 0.1) is 13.8 Å². The van der Waals surface area contributed by atoms with E-state index in [1.807, 2.05) is 29.7 Å². The summed E-state index contributed by atoms with van der Waals surface area (Å²) in [7, 11) is 0. The molecule has 0 aliphatic carbocycles. The first-order chi connectivity index (χ1) is 15.1. The molecule has 0 atom stereocenters. The van der Waals surface area contributed by atoms with Crippen LogP contribution >= 0.6 is 23.1 Å². The molecule has 31 heavy (non-hydrogen) atoms. The number of carbonyl (C=O) groups excluding carboxylic acids is 1. The average molecular weight is 453 g/mol. The van der Waals surface area contributed by atoms with Gasteiger partial charge in [0.05, 0.1) is 12.0 Å². The number of thiophene rings is 1. The van der Waals surface area contributed by atoms with Crippen LogP contribution in [0.15, 0.2) is 64.2 Å². The van der Waals surface area contributed by atoms with Gasteiger partial charge < -0.3 is 8.98 Å². The van der Waals surface area contributed by atoms with E-state index >= 15 is 0 Å². The third-order valence-electron chi connectivity index (χ3n) is 5.14. The van der Waals surface area contributed by atoms with Crippen molar-refractivity contribution >= 4 is 28.9 Å². The molecular weight excluding hydrogens is 428 g/mol. The summed E-state index contributed by atoms with van der Waals surface area (Å²) in [6, 6.07) is 9.87. The van der Waals surface area contributed by atoms with E-state index in [2.05, 4.69) is 45.8 Å². The molecule has 0 spiro atoms. The van der Waals surface area contributed by atoms with Crippen molar-refractivity contribution in [3.8, 4) is 11.6 Å². The molecule has 0 N–H and O–H groups in total. The Morgan fingerprint density at radius 2 is 2.13 bits per heavy atom. The Morgan fingerprint density at radius 1 is 1.26 bits per heavy atom. The van der Waals surface area contributed by atoms with Gasteiger partial charge in [-0.25, -0.2) is 0 Å². The van der Waals surface area contributed by atoms with E-state index in [0.717, 1.165) is 29.9 Å². The molecule has 160 valence electrons. The highest BCUT2D eigenvalue weighted by Crippen LogP contribution is 2.26. The molecule has 0 aliphatic heterocycles.